The first kappa shape index (κ1) is 26.2. The molecule has 34 heavy (non-hydrogen) atoms. The third-order valence-corrected chi connectivity index (χ3v) is 5.81. The summed E-state index contributed by atoms with van der Waals surface area (Å²) in [6, 6.07) is 10.2. The van der Waals surface area contributed by atoms with Crippen molar-refractivity contribution in [2.24, 2.45) is 16.5 Å². The topological polar surface area (TPSA) is 215 Å². The Labute approximate surface area is 194 Å². The van der Waals surface area contributed by atoms with Crippen molar-refractivity contribution in [3.63, 3.8) is 0 Å². The van der Waals surface area contributed by atoms with Gasteiger partial charge in [-0.3, -0.25) is 9.59 Å². The number of nitrogens with zero attached hydrogens (tertiary/aromatic N) is 2. The Morgan fingerprint density at radius 1 is 1.06 bits per heavy atom. The van der Waals surface area contributed by atoms with E-state index in [0.29, 0.717) is 11.3 Å². The molecule has 182 valence electrons. The van der Waals surface area contributed by atoms with E-state index < -0.39 is 40.6 Å². The molecule has 0 aliphatic carbocycles. The highest BCUT2D eigenvalue weighted by molar-refractivity contribution is 7.87. The summed E-state index contributed by atoms with van der Waals surface area (Å²) in [5.74, 6) is -3.63. The van der Waals surface area contributed by atoms with Crippen molar-refractivity contribution in [3.8, 4) is 5.75 Å². The zero-order valence-corrected chi connectivity index (χ0v) is 18.7. The number of nitrogens with one attached hydrogen (secondary N) is 1. The number of rotatable bonds is 11. The Hall–Kier alpha value is -4.01. The van der Waals surface area contributed by atoms with E-state index in [1.54, 1.807) is 0 Å². The molecule has 0 heterocycles. The van der Waals surface area contributed by atoms with Crippen LogP contribution >= 0.6 is 0 Å². The first-order chi connectivity index (χ1) is 15.9. The van der Waals surface area contributed by atoms with Crippen molar-refractivity contribution < 1.29 is 37.8 Å². The molecule has 1 atom stereocenters. The van der Waals surface area contributed by atoms with Gasteiger partial charge in [0.05, 0.1) is 17.7 Å². The second kappa shape index (κ2) is 11.2. The van der Waals surface area contributed by atoms with Gasteiger partial charge in [-0.1, -0.05) is 12.1 Å². The maximum Gasteiger partial charge on any atom is 0.343 e. The monoisotopic (exact) mass is 493 g/mol. The molecule has 0 unspecified atom stereocenters. The van der Waals surface area contributed by atoms with Gasteiger partial charge in [0.1, 0.15) is 11.8 Å². The SMILES string of the molecule is CN(Cc1ccc(OC(=O)c2ccc(N=C(N)N)cc2)cc1)S(=O)(=O)N[C@@H](CC(=O)O)C(=O)O. The molecular weight excluding hydrogens is 470 g/mol. The molecule has 0 saturated heterocycles. The predicted molar refractivity (Wildman–Crippen MR) is 121 cm³/mol. The number of carbonyl (C=O) groups is 3. The summed E-state index contributed by atoms with van der Waals surface area (Å²) >= 11 is 0. The van der Waals surface area contributed by atoms with Crippen LogP contribution in [0.1, 0.15) is 22.3 Å². The van der Waals surface area contributed by atoms with Crippen molar-refractivity contribution in [1.82, 2.24) is 9.03 Å². The van der Waals surface area contributed by atoms with Gasteiger partial charge in [-0.25, -0.2) is 9.79 Å². The van der Waals surface area contributed by atoms with Crippen LogP contribution in [0.2, 0.25) is 0 Å². The molecule has 2 rings (SSSR count). The number of carboxylic acids is 2. The molecule has 0 saturated carbocycles. The number of ether oxygens (including phenoxy) is 1. The van der Waals surface area contributed by atoms with Crippen LogP contribution in [0.15, 0.2) is 53.5 Å². The lowest BCUT2D eigenvalue weighted by atomic mass is 10.2. The number of guanidine groups is 1. The average molecular weight is 493 g/mol. The number of aliphatic carboxylic acids is 2. The fourth-order valence-corrected chi connectivity index (χ4v) is 3.66. The first-order valence-electron chi connectivity index (χ1n) is 9.56. The van der Waals surface area contributed by atoms with Crippen molar-refractivity contribution in [3.05, 3.63) is 59.7 Å². The minimum Gasteiger partial charge on any atom is -0.481 e. The number of carboxylic acid groups (broad SMARTS) is 2. The Morgan fingerprint density at radius 2 is 1.65 bits per heavy atom. The van der Waals surface area contributed by atoms with E-state index in [1.165, 1.54) is 55.6 Å². The molecule has 0 radical (unpaired) electrons. The predicted octanol–water partition coefficient (Wildman–Crippen LogP) is 0.00480. The molecule has 0 aliphatic heterocycles. The van der Waals surface area contributed by atoms with Crippen molar-refractivity contribution in [1.29, 1.82) is 0 Å². The van der Waals surface area contributed by atoms with Gasteiger partial charge in [-0.2, -0.15) is 17.4 Å². The lowest BCUT2D eigenvalue weighted by molar-refractivity contribution is -0.145. The summed E-state index contributed by atoms with van der Waals surface area (Å²) in [6.07, 6.45) is -0.917. The summed E-state index contributed by atoms with van der Waals surface area (Å²) < 4.78 is 32.6. The molecule has 0 aromatic heterocycles. The molecule has 13 nitrogen and oxygen atoms in total. The smallest absolute Gasteiger partial charge is 0.343 e. The van der Waals surface area contributed by atoms with Crippen LogP contribution in [-0.4, -0.2) is 59.9 Å². The number of aliphatic imine (C=N–C) groups is 1. The molecule has 0 fully saturated rings. The van der Waals surface area contributed by atoms with Gasteiger partial charge < -0.3 is 26.4 Å². The molecule has 2 aromatic rings. The molecule has 0 aliphatic rings. The highest BCUT2D eigenvalue weighted by Crippen LogP contribution is 2.18. The second-order valence-corrected chi connectivity index (χ2v) is 8.79. The Kier molecular flexibility index (Phi) is 8.66. The number of nitrogens with two attached hydrogens (primary N) is 2. The normalized spacial score (nSPS) is 12.1. The van der Waals surface area contributed by atoms with Gasteiger partial charge in [0, 0.05) is 13.6 Å². The van der Waals surface area contributed by atoms with Crippen molar-refractivity contribution in [2.75, 3.05) is 7.05 Å². The largest absolute Gasteiger partial charge is 0.481 e. The van der Waals surface area contributed by atoms with E-state index in [4.69, 9.17) is 26.4 Å². The van der Waals surface area contributed by atoms with E-state index in [-0.39, 0.29) is 23.8 Å². The van der Waals surface area contributed by atoms with Gasteiger partial charge in [0.15, 0.2) is 5.96 Å². The Balaban J connectivity index is 2.00. The first-order valence-corrected chi connectivity index (χ1v) is 11.0. The number of esters is 1. The number of hydrogen-bond acceptors (Lipinski definition) is 7. The molecule has 2 aromatic carbocycles. The fraction of sp³-hybridized carbons (Fsp3) is 0.200. The maximum absolute atomic E-state index is 12.4. The van der Waals surface area contributed by atoms with E-state index in [2.05, 4.69) is 4.99 Å². The molecular formula is C20H23N5O8S. The zero-order chi connectivity index (χ0) is 25.5. The van der Waals surface area contributed by atoms with Crippen molar-refractivity contribution in [2.45, 2.75) is 19.0 Å². The highest BCUT2D eigenvalue weighted by atomic mass is 32.2. The minimum absolute atomic E-state index is 0.119. The van der Waals surface area contributed by atoms with Crippen LogP contribution in [-0.2, 0) is 26.3 Å². The fourth-order valence-electron chi connectivity index (χ4n) is 2.62. The van der Waals surface area contributed by atoms with Gasteiger partial charge in [-0.05, 0) is 42.0 Å². The number of benzene rings is 2. The lowest BCUT2D eigenvalue weighted by Crippen LogP contribution is -2.47. The third-order valence-electron chi connectivity index (χ3n) is 4.28. The van der Waals surface area contributed by atoms with Gasteiger partial charge in [0.2, 0.25) is 0 Å². The van der Waals surface area contributed by atoms with Crippen LogP contribution in [0, 0.1) is 0 Å². The Morgan fingerprint density at radius 3 is 2.15 bits per heavy atom. The van der Waals surface area contributed by atoms with E-state index in [1.807, 2.05) is 4.72 Å². The summed E-state index contributed by atoms with van der Waals surface area (Å²) in [6.45, 7) is -0.158. The van der Waals surface area contributed by atoms with Gasteiger partial charge >= 0.3 is 17.9 Å². The summed E-state index contributed by atoms with van der Waals surface area (Å²) in [7, 11) is -3.10. The van der Waals surface area contributed by atoms with Crippen LogP contribution in [0.25, 0.3) is 0 Å². The highest BCUT2D eigenvalue weighted by Gasteiger charge is 2.29. The van der Waals surface area contributed by atoms with Crippen LogP contribution in [0.3, 0.4) is 0 Å². The van der Waals surface area contributed by atoms with Crippen molar-refractivity contribution >= 4 is 39.8 Å². The molecule has 0 bridgehead atoms. The maximum atomic E-state index is 12.4. The standard InChI is InChI=1S/C20H23N5O8S/c1-25(34(31,32)24-16(18(28)29)10-17(26)27)11-12-2-8-15(9-3-12)33-19(30)13-4-6-14(7-5-13)23-20(21)22/h2-9,16,24H,10-11H2,1H3,(H,26,27)(H,28,29)(H4,21,22,23)/t16-/m0/s1. The van der Waals surface area contributed by atoms with Gasteiger partial charge in [0.25, 0.3) is 10.2 Å². The molecule has 7 N–H and O–H groups in total. The van der Waals surface area contributed by atoms with E-state index in [0.717, 1.165) is 4.31 Å². The van der Waals surface area contributed by atoms with Gasteiger partial charge in [-0.15, -0.1) is 0 Å². The summed E-state index contributed by atoms with van der Waals surface area (Å²) in [5.41, 5.74) is 11.8. The van der Waals surface area contributed by atoms with E-state index >= 15 is 0 Å². The molecule has 0 spiro atoms. The third kappa shape index (κ3) is 7.84. The molecule has 0 amide bonds. The number of hydrogen-bond donors (Lipinski definition) is 5. The Bertz CT molecular complexity index is 1180. The zero-order valence-electron chi connectivity index (χ0n) is 17.9. The summed E-state index contributed by atoms with van der Waals surface area (Å²) in [4.78, 5) is 38.0. The van der Waals surface area contributed by atoms with Crippen LogP contribution in [0.5, 0.6) is 5.75 Å². The van der Waals surface area contributed by atoms with Crippen LogP contribution in [0.4, 0.5) is 5.69 Å². The summed E-state index contributed by atoms with van der Waals surface area (Å²) in [5, 5.41) is 17.8. The lowest BCUT2D eigenvalue weighted by Gasteiger charge is -2.20. The van der Waals surface area contributed by atoms with Crippen LogP contribution < -0.4 is 20.9 Å². The second-order valence-electron chi connectivity index (χ2n) is 6.98. The minimum atomic E-state index is -4.30. The average Bonchev–Trinajstić information content (AvgIpc) is 2.74. The quantitative estimate of drug-likeness (QED) is 0.122. The molecule has 14 heteroatoms. The number of carbonyl (C=O) groups excluding carboxylic acids is 1. The van der Waals surface area contributed by atoms with E-state index in [9.17, 15) is 22.8 Å².